The maximum atomic E-state index is 11.7. The number of ether oxygens (including phenoxy) is 1. The summed E-state index contributed by atoms with van der Waals surface area (Å²) in [6.45, 7) is 10.2. The lowest BCUT2D eigenvalue weighted by atomic mass is 9.90. The van der Waals surface area contributed by atoms with Crippen molar-refractivity contribution < 1.29 is 14.6 Å². The lowest BCUT2D eigenvalue weighted by Crippen LogP contribution is -2.55. The summed E-state index contributed by atoms with van der Waals surface area (Å²) >= 11 is 0. The number of rotatable bonds is 5. The maximum absolute atomic E-state index is 11.7. The molecule has 6 heteroatoms. The topological polar surface area (TPSA) is 65.9 Å². The van der Waals surface area contributed by atoms with Crippen molar-refractivity contribution in [2.24, 2.45) is 5.92 Å². The van der Waals surface area contributed by atoms with Gasteiger partial charge >= 0.3 is 5.97 Å². The first-order chi connectivity index (χ1) is 11.5. The molecule has 6 nitrogen and oxygen atoms in total. The van der Waals surface area contributed by atoms with E-state index in [2.05, 4.69) is 28.6 Å². The largest absolute Gasteiger partial charge is 0.481 e. The molecule has 0 aromatic carbocycles. The SMILES string of the molecule is CC(C)(CN1C[C@@H](C(=O)O)[C@H](c2ccncc2)C1)N1CCOCC1. The molecule has 3 heterocycles. The number of aliphatic carboxylic acids is 1. The smallest absolute Gasteiger partial charge is 0.308 e. The summed E-state index contributed by atoms with van der Waals surface area (Å²) in [4.78, 5) is 20.5. The van der Waals surface area contributed by atoms with Gasteiger partial charge in [-0.05, 0) is 31.5 Å². The molecule has 1 N–H and O–H groups in total. The van der Waals surface area contributed by atoms with E-state index in [1.807, 2.05) is 12.1 Å². The van der Waals surface area contributed by atoms with E-state index in [9.17, 15) is 9.90 Å². The van der Waals surface area contributed by atoms with E-state index < -0.39 is 5.97 Å². The zero-order valence-electron chi connectivity index (χ0n) is 14.5. The summed E-state index contributed by atoms with van der Waals surface area (Å²) in [6, 6.07) is 3.88. The summed E-state index contributed by atoms with van der Waals surface area (Å²) in [6.07, 6.45) is 3.49. The van der Waals surface area contributed by atoms with Gasteiger partial charge in [0.2, 0.25) is 0 Å². The molecule has 3 rings (SSSR count). The first-order valence-corrected chi connectivity index (χ1v) is 8.65. The van der Waals surface area contributed by atoms with Crippen molar-refractivity contribution in [1.29, 1.82) is 0 Å². The number of likely N-dealkylation sites (tertiary alicyclic amines) is 1. The fourth-order valence-electron chi connectivity index (χ4n) is 4.03. The zero-order valence-corrected chi connectivity index (χ0v) is 14.5. The van der Waals surface area contributed by atoms with Crippen LogP contribution in [0.3, 0.4) is 0 Å². The van der Waals surface area contributed by atoms with Crippen LogP contribution in [0.1, 0.15) is 25.3 Å². The molecule has 0 amide bonds. The van der Waals surface area contributed by atoms with Gasteiger partial charge in [0.25, 0.3) is 0 Å². The van der Waals surface area contributed by atoms with Crippen molar-refractivity contribution >= 4 is 5.97 Å². The minimum Gasteiger partial charge on any atom is -0.481 e. The monoisotopic (exact) mass is 333 g/mol. The lowest BCUT2D eigenvalue weighted by Gasteiger charge is -2.43. The van der Waals surface area contributed by atoms with Gasteiger partial charge in [0.05, 0.1) is 19.1 Å². The molecule has 2 aliphatic rings. The van der Waals surface area contributed by atoms with E-state index in [-0.39, 0.29) is 17.4 Å². The van der Waals surface area contributed by atoms with Gasteiger partial charge in [0.15, 0.2) is 0 Å². The van der Waals surface area contributed by atoms with E-state index in [0.29, 0.717) is 6.54 Å². The molecule has 2 aliphatic heterocycles. The van der Waals surface area contributed by atoms with Gasteiger partial charge in [0.1, 0.15) is 0 Å². The highest BCUT2D eigenvalue weighted by Crippen LogP contribution is 2.34. The average Bonchev–Trinajstić information content (AvgIpc) is 3.00. The van der Waals surface area contributed by atoms with E-state index in [1.165, 1.54) is 0 Å². The van der Waals surface area contributed by atoms with Gasteiger partial charge in [-0.15, -0.1) is 0 Å². The first-order valence-electron chi connectivity index (χ1n) is 8.65. The normalized spacial score (nSPS) is 26.6. The van der Waals surface area contributed by atoms with Crippen molar-refractivity contribution in [2.75, 3.05) is 45.9 Å². The second-order valence-electron chi connectivity index (χ2n) is 7.44. The predicted octanol–water partition coefficient (Wildman–Crippen LogP) is 1.29. The van der Waals surface area contributed by atoms with Crippen molar-refractivity contribution in [1.82, 2.24) is 14.8 Å². The van der Waals surface area contributed by atoms with Gasteiger partial charge in [0, 0.05) is 56.6 Å². The molecule has 0 aliphatic carbocycles. The first kappa shape index (κ1) is 17.3. The molecule has 2 fully saturated rings. The predicted molar refractivity (Wildman–Crippen MR) is 91.0 cm³/mol. The minimum atomic E-state index is -0.705. The Morgan fingerprint density at radius 3 is 2.58 bits per heavy atom. The molecular weight excluding hydrogens is 306 g/mol. The molecule has 1 aromatic heterocycles. The number of carboxylic acids is 1. The molecule has 132 valence electrons. The van der Waals surface area contributed by atoms with Crippen LogP contribution >= 0.6 is 0 Å². The zero-order chi connectivity index (χ0) is 17.2. The van der Waals surface area contributed by atoms with Crippen LogP contribution in [0.4, 0.5) is 0 Å². The quantitative estimate of drug-likeness (QED) is 0.876. The Hall–Kier alpha value is -1.50. The van der Waals surface area contributed by atoms with Crippen LogP contribution in [0.5, 0.6) is 0 Å². The Labute approximate surface area is 143 Å². The van der Waals surface area contributed by atoms with E-state index in [0.717, 1.165) is 45.0 Å². The standard InChI is InChI=1S/C18H27N3O3/c1-18(2,21-7-9-24-10-8-21)13-20-11-15(16(12-20)17(22)23)14-3-5-19-6-4-14/h3-6,15-16H,7-13H2,1-2H3,(H,22,23)/t15-,16+/m0/s1. The van der Waals surface area contributed by atoms with Crippen LogP contribution in [0.2, 0.25) is 0 Å². The van der Waals surface area contributed by atoms with Crippen LogP contribution < -0.4 is 0 Å². The van der Waals surface area contributed by atoms with E-state index in [1.54, 1.807) is 12.4 Å². The molecular formula is C18H27N3O3. The number of pyridine rings is 1. The highest BCUT2D eigenvalue weighted by atomic mass is 16.5. The van der Waals surface area contributed by atoms with Crippen LogP contribution in [0.15, 0.2) is 24.5 Å². The fraction of sp³-hybridized carbons (Fsp3) is 0.667. The number of hydrogen-bond donors (Lipinski definition) is 1. The number of morpholine rings is 1. The van der Waals surface area contributed by atoms with Crippen molar-refractivity contribution in [3.05, 3.63) is 30.1 Å². The van der Waals surface area contributed by atoms with Gasteiger partial charge in [-0.1, -0.05) is 0 Å². The second kappa shape index (κ2) is 7.17. The Morgan fingerprint density at radius 1 is 1.29 bits per heavy atom. The van der Waals surface area contributed by atoms with Crippen LogP contribution in [-0.2, 0) is 9.53 Å². The Kier molecular flexibility index (Phi) is 5.18. The molecule has 24 heavy (non-hydrogen) atoms. The number of aromatic nitrogens is 1. The fourth-order valence-corrected chi connectivity index (χ4v) is 4.03. The van der Waals surface area contributed by atoms with E-state index >= 15 is 0 Å². The minimum absolute atomic E-state index is 0.0139. The third-order valence-corrected chi connectivity index (χ3v) is 5.32. The molecule has 2 atom stereocenters. The molecule has 0 unspecified atom stereocenters. The summed E-state index contributed by atoms with van der Waals surface area (Å²) in [5.41, 5.74) is 1.09. The van der Waals surface area contributed by atoms with Crippen LogP contribution in [-0.4, -0.2) is 77.3 Å². The Balaban J connectivity index is 1.70. The summed E-state index contributed by atoms with van der Waals surface area (Å²) in [5, 5.41) is 9.64. The highest BCUT2D eigenvalue weighted by molar-refractivity contribution is 5.72. The third-order valence-electron chi connectivity index (χ3n) is 5.32. The summed E-state index contributed by atoms with van der Waals surface area (Å²) in [5.74, 6) is -1.03. The molecule has 0 radical (unpaired) electrons. The Morgan fingerprint density at radius 2 is 1.96 bits per heavy atom. The van der Waals surface area contributed by atoms with Gasteiger partial charge in [-0.3, -0.25) is 14.7 Å². The number of carbonyl (C=O) groups is 1. The number of nitrogens with zero attached hydrogens (tertiary/aromatic N) is 3. The molecule has 0 spiro atoms. The van der Waals surface area contributed by atoms with Crippen molar-refractivity contribution in [3.63, 3.8) is 0 Å². The van der Waals surface area contributed by atoms with Gasteiger partial charge in [-0.25, -0.2) is 0 Å². The molecule has 0 saturated carbocycles. The summed E-state index contributed by atoms with van der Waals surface area (Å²) < 4.78 is 5.45. The number of carboxylic acid groups (broad SMARTS) is 1. The summed E-state index contributed by atoms with van der Waals surface area (Å²) in [7, 11) is 0. The van der Waals surface area contributed by atoms with Gasteiger partial charge < -0.3 is 14.7 Å². The average molecular weight is 333 g/mol. The molecule has 1 aromatic rings. The Bertz CT molecular complexity index is 558. The second-order valence-corrected chi connectivity index (χ2v) is 7.44. The number of hydrogen-bond acceptors (Lipinski definition) is 5. The van der Waals surface area contributed by atoms with Crippen LogP contribution in [0.25, 0.3) is 0 Å². The third kappa shape index (κ3) is 3.77. The maximum Gasteiger partial charge on any atom is 0.308 e. The van der Waals surface area contributed by atoms with Crippen molar-refractivity contribution in [2.45, 2.75) is 25.3 Å². The lowest BCUT2D eigenvalue weighted by molar-refractivity contribution is -0.141. The van der Waals surface area contributed by atoms with Crippen molar-refractivity contribution in [3.8, 4) is 0 Å². The van der Waals surface area contributed by atoms with E-state index in [4.69, 9.17) is 4.74 Å². The molecule has 2 saturated heterocycles. The van der Waals surface area contributed by atoms with Gasteiger partial charge in [-0.2, -0.15) is 0 Å². The highest BCUT2D eigenvalue weighted by Gasteiger charge is 2.41. The van der Waals surface area contributed by atoms with Crippen LogP contribution in [0, 0.1) is 5.92 Å². The molecule has 0 bridgehead atoms.